The number of rotatable bonds is 4. The summed E-state index contributed by atoms with van der Waals surface area (Å²) in [5.41, 5.74) is 0.232. The van der Waals surface area contributed by atoms with E-state index >= 15 is 0 Å². The van der Waals surface area contributed by atoms with Gasteiger partial charge in [0.2, 0.25) is 0 Å². The Balaban J connectivity index is 2.34. The number of nitrogens with zero attached hydrogens (tertiary/aromatic N) is 2. The molecule has 0 radical (unpaired) electrons. The number of carboxylic acid groups (broad SMARTS) is 1. The Labute approximate surface area is 118 Å². The summed E-state index contributed by atoms with van der Waals surface area (Å²) in [7, 11) is 0. The number of hydrogen-bond donors (Lipinski definition) is 1. The maximum Gasteiger partial charge on any atom is 0.329 e. The van der Waals surface area contributed by atoms with Gasteiger partial charge >= 0.3 is 5.97 Å². The Morgan fingerprint density at radius 1 is 1.50 bits per heavy atom. The number of aromatic nitrogens is 1. The third kappa shape index (κ3) is 2.40. The largest absolute Gasteiger partial charge is 0.479 e. The zero-order chi connectivity index (χ0) is 14.8. The normalized spacial score (nSPS) is 22.0. The van der Waals surface area contributed by atoms with Crippen LogP contribution >= 0.6 is 0 Å². The molecular weight excluding hydrogens is 256 g/mol. The molecule has 20 heavy (non-hydrogen) atoms. The number of carboxylic acids is 1. The first-order valence-corrected chi connectivity index (χ1v) is 6.99. The van der Waals surface area contributed by atoms with E-state index in [1.54, 1.807) is 18.3 Å². The standard InChI is InChI=1S/C15H20N2O3/c1-3-6-15(14(19)20)7-4-9-17(15)13(18)12-5-8-16-11(2)10-12/h5,8,10H,3-4,6-7,9H2,1-2H3,(H,19,20). The molecule has 1 aliphatic rings. The van der Waals surface area contributed by atoms with E-state index in [0.717, 1.165) is 18.5 Å². The van der Waals surface area contributed by atoms with Gasteiger partial charge in [0.05, 0.1) is 0 Å². The molecule has 1 fully saturated rings. The first-order chi connectivity index (χ1) is 9.51. The summed E-state index contributed by atoms with van der Waals surface area (Å²) in [5.74, 6) is -1.10. The quantitative estimate of drug-likeness (QED) is 0.915. The summed E-state index contributed by atoms with van der Waals surface area (Å²) < 4.78 is 0. The number of carbonyl (C=O) groups excluding carboxylic acids is 1. The molecule has 1 aliphatic heterocycles. The fraction of sp³-hybridized carbons (Fsp3) is 0.533. The summed E-state index contributed by atoms with van der Waals surface area (Å²) in [6.45, 7) is 4.27. The molecular formula is C15H20N2O3. The highest BCUT2D eigenvalue weighted by Crippen LogP contribution is 2.35. The Hall–Kier alpha value is -1.91. The molecule has 1 N–H and O–H groups in total. The van der Waals surface area contributed by atoms with Crippen molar-refractivity contribution in [2.75, 3.05) is 6.54 Å². The molecule has 1 aromatic heterocycles. The van der Waals surface area contributed by atoms with Crippen molar-refractivity contribution in [2.24, 2.45) is 0 Å². The average Bonchev–Trinajstić information content (AvgIpc) is 2.83. The molecule has 108 valence electrons. The van der Waals surface area contributed by atoms with Gasteiger partial charge < -0.3 is 10.0 Å². The van der Waals surface area contributed by atoms with Gasteiger partial charge in [0.25, 0.3) is 5.91 Å². The van der Waals surface area contributed by atoms with Gasteiger partial charge in [0.1, 0.15) is 5.54 Å². The Morgan fingerprint density at radius 3 is 2.85 bits per heavy atom. The topological polar surface area (TPSA) is 70.5 Å². The lowest BCUT2D eigenvalue weighted by molar-refractivity contribution is -0.148. The molecule has 0 spiro atoms. The number of aliphatic carboxylic acids is 1. The molecule has 1 atom stereocenters. The number of carbonyl (C=O) groups is 2. The van der Waals surface area contributed by atoms with E-state index in [9.17, 15) is 14.7 Å². The molecule has 5 nitrogen and oxygen atoms in total. The number of likely N-dealkylation sites (tertiary alicyclic amines) is 1. The van der Waals surface area contributed by atoms with Gasteiger partial charge in [-0.3, -0.25) is 9.78 Å². The van der Waals surface area contributed by atoms with E-state index < -0.39 is 11.5 Å². The molecule has 1 amide bonds. The van der Waals surface area contributed by atoms with E-state index in [2.05, 4.69) is 4.98 Å². The van der Waals surface area contributed by atoms with Crippen molar-refractivity contribution in [2.45, 2.75) is 45.1 Å². The fourth-order valence-electron chi connectivity index (χ4n) is 3.01. The van der Waals surface area contributed by atoms with Crippen LogP contribution in [0.3, 0.4) is 0 Å². The third-order valence-electron chi connectivity index (χ3n) is 3.94. The SMILES string of the molecule is CCCC1(C(=O)O)CCCN1C(=O)c1ccnc(C)c1. The Morgan fingerprint density at radius 2 is 2.25 bits per heavy atom. The van der Waals surface area contributed by atoms with Crippen molar-refractivity contribution in [1.82, 2.24) is 9.88 Å². The van der Waals surface area contributed by atoms with Crippen LogP contribution in [0.1, 0.15) is 48.7 Å². The van der Waals surface area contributed by atoms with Crippen LogP contribution in [0.15, 0.2) is 18.3 Å². The molecule has 0 bridgehead atoms. The molecule has 5 heteroatoms. The fourth-order valence-corrected chi connectivity index (χ4v) is 3.01. The van der Waals surface area contributed by atoms with Crippen LogP contribution in [0.4, 0.5) is 0 Å². The maximum absolute atomic E-state index is 12.6. The predicted octanol–water partition coefficient (Wildman–Crippen LogP) is 2.25. The zero-order valence-electron chi connectivity index (χ0n) is 11.9. The molecule has 2 rings (SSSR count). The lowest BCUT2D eigenvalue weighted by atomic mass is 9.90. The molecule has 1 aromatic rings. The average molecular weight is 276 g/mol. The molecule has 1 saturated heterocycles. The Bertz CT molecular complexity index is 530. The van der Waals surface area contributed by atoms with Crippen LogP contribution in [-0.2, 0) is 4.79 Å². The van der Waals surface area contributed by atoms with Crippen LogP contribution in [0, 0.1) is 6.92 Å². The second-order valence-corrected chi connectivity index (χ2v) is 5.33. The van der Waals surface area contributed by atoms with Crippen LogP contribution in [0.2, 0.25) is 0 Å². The van der Waals surface area contributed by atoms with Gasteiger partial charge in [-0.05, 0) is 38.3 Å². The number of pyridine rings is 1. The van der Waals surface area contributed by atoms with Crippen molar-refractivity contribution in [1.29, 1.82) is 0 Å². The first-order valence-electron chi connectivity index (χ1n) is 6.99. The minimum atomic E-state index is -1.04. The van der Waals surface area contributed by atoms with E-state index in [0.29, 0.717) is 24.9 Å². The smallest absolute Gasteiger partial charge is 0.329 e. The predicted molar refractivity (Wildman–Crippen MR) is 74.5 cm³/mol. The number of amides is 1. The first kappa shape index (κ1) is 14.5. The third-order valence-corrected chi connectivity index (χ3v) is 3.94. The highest BCUT2D eigenvalue weighted by atomic mass is 16.4. The van der Waals surface area contributed by atoms with E-state index in [-0.39, 0.29) is 5.91 Å². The van der Waals surface area contributed by atoms with Crippen LogP contribution in [0.5, 0.6) is 0 Å². The summed E-state index contributed by atoms with van der Waals surface area (Å²) in [5, 5.41) is 9.61. The molecule has 0 saturated carbocycles. The summed E-state index contributed by atoms with van der Waals surface area (Å²) in [4.78, 5) is 30.0. The summed E-state index contributed by atoms with van der Waals surface area (Å²) in [6.07, 6.45) is 4.10. The van der Waals surface area contributed by atoms with E-state index in [1.165, 1.54) is 4.90 Å². The summed E-state index contributed by atoms with van der Waals surface area (Å²) >= 11 is 0. The van der Waals surface area contributed by atoms with Crippen LogP contribution in [-0.4, -0.2) is 39.0 Å². The van der Waals surface area contributed by atoms with Gasteiger partial charge in [0.15, 0.2) is 0 Å². The highest BCUT2D eigenvalue weighted by Gasteiger charge is 2.49. The second kappa shape index (κ2) is 5.61. The second-order valence-electron chi connectivity index (χ2n) is 5.33. The van der Waals surface area contributed by atoms with Crippen molar-refractivity contribution < 1.29 is 14.7 Å². The maximum atomic E-state index is 12.6. The van der Waals surface area contributed by atoms with Crippen LogP contribution < -0.4 is 0 Å². The highest BCUT2D eigenvalue weighted by molar-refractivity contribution is 5.98. The van der Waals surface area contributed by atoms with E-state index in [1.807, 2.05) is 13.8 Å². The van der Waals surface area contributed by atoms with Gasteiger partial charge in [-0.1, -0.05) is 13.3 Å². The van der Waals surface area contributed by atoms with Crippen molar-refractivity contribution in [3.8, 4) is 0 Å². The van der Waals surface area contributed by atoms with Crippen LogP contribution in [0.25, 0.3) is 0 Å². The minimum absolute atomic E-state index is 0.205. The molecule has 0 aliphatic carbocycles. The number of aryl methyl sites for hydroxylation is 1. The number of hydrogen-bond acceptors (Lipinski definition) is 3. The Kier molecular flexibility index (Phi) is 4.06. The lowest BCUT2D eigenvalue weighted by Gasteiger charge is -2.34. The van der Waals surface area contributed by atoms with E-state index in [4.69, 9.17) is 0 Å². The monoisotopic (exact) mass is 276 g/mol. The lowest BCUT2D eigenvalue weighted by Crippen LogP contribution is -2.53. The van der Waals surface area contributed by atoms with Crippen molar-refractivity contribution >= 4 is 11.9 Å². The zero-order valence-corrected chi connectivity index (χ0v) is 11.9. The van der Waals surface area contributed by atoms with Crippen molar-refractivity contribution in [3.63, 3.8) is 0 Å². The molecule has 1 unspecified atom stereocenters. The summed E-state index contributed by atoms with van der Waals surface area (Å²) in [6, 6.07) is 3.35. The minimum Gasteiger partial charge on any atom is -0.479 e. The van der Waals surface area contributed by atoms with Crippen molar-refractivity contribution in [3.05, 3.63) is 29.6 Å². The van der Waals surface area contributed by atoms with Gasteiger partial charge in [-0.15, -0.1) is 0 Å². The molecule has 0 aromatic carbocycles. The van der Waals surface area contributed by atoms with Gasteiger partial charge in [0, 0.05) is 24.0 Å². The van der Waals surface area contributed by atoms with Gasteiger partial charge in [-0.25, -0.2) is 4.79 Å². The molecule has 2 heterocycles. The van der Waals surface area contributed by atoms with Gasteiger partial charge in [-0.2, -0.15) is 0 Å².